The number of rotatable bonds is 5. The molecule has 0 aliphatic heterocycles. The first-order valence-corrected chi connectivity index (χ1v) is 8.10. The van der Waals surface area contributed by atoms with Crippen molar-refractivity contribution < 1.29 is 9.21 Å². The van der Waals surface area contributed by atoms with E-state index in [0.29, 0.717) is 17.3 Å². The number of hydrogen-bond donors (Lipinski definition) is 0. The van der Waals surface area contributed by atoms with Crippen LogP contribution in [0.5, 0.6) is 0 Å². The monoisotopic (exact) mass is 316 g/mol. The molecule has 1 aromatic heterocycles. The molecule has 3 aromatic rings. The Morgan fingerprint density at radius 2 is 1.86 bits per heavy atom. The lowest BCUT2D eigenvalue weighted by atomic mass is 10.2. The van der Waals surface area contributed by atoms with Crippen LogP contribution in [0, 0.1) is 0 Å². The van der Waals surface area contributed by atoms with Gasteiger partial charge in [-0.1, -0.05) is 48.0 Å². The van der Waals surface area contributed by atoms with E-state index in [1.807, 2.05) is 48.5 Å². The van der Waals surface area contributed by atoms with Crippen molar-refractivity contribution in [2.75, 3.05) is 5.75 Å². The number of Topliss-reactive ketones (excluding diaryl/α,β-unsaturated/α-hetero) is 1. The lowest BCUT2D eigenvalue weighted by Crippen LogP contribution is -2.00. The molecule has 0 saturated heterocycles. The van der Waals surface area contributed by atoms with Gasteiger partial charge in [0, 0.05) is 16.2 Å². The fourth-order valence-electron chi connectivity index (χ4n) is 2.06. The lowest BCUT2D eigenvalue weighted by molar-refractivity contribution is 0.0994. The van der Waals surface area contributed by atoms with Gasteiger partial charge in [0.1, 0.15) is 5.58 Å². The van der Waals surface area contributed by atoms with Crippen molar-refractivity contribution >= 4 is 40.1 Å². The van der Waals surface area contributed by atoms with E-state index in [1.165, 1.54) is 11.8 Å². The highest BCUT2D eigenvalue weighted by molar-refractivity contribution is 7.99. The Bertz CT molecular complexity index is 746. The van der Waals surface area contributed by atoms with Crippen LogP contribution in [0.25, 0.3) is 11.0 Å². The molecule has 2 aromatic carbocycles. The second-order valence-corrected chi connectivity index (χ2v) is 6.05. The molecule has 0 N–H and O–H groups in total. The first-order valence-electron chi connectivity index (χ1n) is 6.57. The molecule has 1 heterocycles. The van der Waals surface area contributed by atoms with Gasteiger partial charge in [0.05, 0.1) is 5.75 Å². The number of fused-ring (bicyclic) bond motifs is 1. The molecule has 3 rings (SSSR count). The molecule has 2 nitrogen and oxygen atoms in total. The smallest absolute Gasteiger partial charge is 0.207 e. The van der Waals surface area contributed by atoms with Gasteiger partial charge in [-0.15, -0.1) is 11.8 Å². The molecule has 0 aliphatic rings. The molecule has 0 unspecified atom stereocenters. The number of furan rings is 1. The van der Waals surface area contributed by atoms with Crippen LogP contribution in [-0.2, 0) is 5.75 Å². The molecule has 0 saturated carbocycles. The Balaban J connectivity index is 1.63. The molecule has 21 heavy (non-hydrogen) atoms. The van der Waals surface area contributed by atoms with E-state index >= 15 is 0 Å². The van der Waals surface area contributed by atoms with E-state index in [1.54, 1.807) is 6.07 Å². The summed E-state index contributed by atoms with van der Waals surface area (Å²) in [7, 11) is 0. The Hall–Kier alpha value is -1.71. The highest BCUT2D eigenvalue weighted by Crippen LogP contribution is 2.23. The van der Waals surface area contributed by atoms with E-state index in [9.17, 15) is 4.79 Å². The zero-order valence-electron chi connectivity index (χ0n) is 11.2. The third-order valence-electron chi connectivity index (χ3n) is 3.15. The Kier molecular flexibility index (Phi) is 4.32. The van der Waals surface area contributed by atoms with E-state index in [0.717, 1.165) is 21.6 Å². The standard InChI is InChI=1S/C17H13ClO2S/c18-14-7-3-1-6-13(14)10-21-11-15(19)17-9-12-5-2-4-8-16(12)20-17/h1-9H,10-11H2. The van der Waals surface area contributed by atoms with Gasteiger partial charge in [0.25, 0.3) is 0 Å². The van der Waals surface area contributed by atoms with Gasteiger partial charge in [0.15, 0.2) is 5.76 Å². The summed E-state index contributed by atoms with van der Waals surface area (Å²) in [5.74, 6) is 1.52. The summed E-state index contributed by atoms with van der Waals surface area (Å²) in [4.78, 5) is 12.1. The topological polar surface area (TPSA) is 30.2 Å². The van der Waals surface area contributed by atoms with Crippen molar-refractivity contribution in [2.45, 2.75) is 5.75 Å². The molecule has 0 aliphatic carbocycles. The van der Waals surface area contributed by atoms with Crippen LogP contribution in [0.2, 0.25) is 5.02 Å². The predicted octanol–water partition coefficient (Wildman–Crippen LogP) is 5.20. The normalized spacial score (nSPS) is 10.9. The van der Waals surface area contributed by atoms with Crippen LogP contribution < -0.4 is 0 Å². The van der Waals surface area contributed by atoms with Gasteiger partial charge in [0.2, 0.25) is 5.78 Å². The van der Waals surface area contributed by atoms with Crippen LogP contribution in [0.4, 0.5) is 0 Å². The van der Waals surface area contributed by atoms with Crippen LogP contribution in [0.1, 0.15) is 16.1 Å². The maximum atomic E-state index is 12.1. The summed E-state index contributed by atoms with van der Waals surface area (Å²) in [5, 5.41) is 1.69. The summed E-state index contributed by atoms with van der Waals surface area (Å²) >= 11 is 7.63. The highest BCUT2D eigenvalue weighted by Gasteiger charge is 2.12. The third-order valence-corrected chi connectivity index (χ3v) is 4.50. The third kappa shape index (κ3) is 3.31. The van der Waals surface area contributed by atoms with Crippen LogP contribution >= 0.6 is 23.4 Å². The molecule has 0 spiro atoms. The molecular formula is C17H13ClO2S. The van der Waals surface area contributed by atoms with Gasteiger partial charge >= 0.3 is 0 Å². The highest BCUT2D eigenvalue weighted by atomic mass is 35.5. The van der Waals surface area contributed by atoms with Crippen LogP contribution in [0.3, 0.4) is 0 Å². The lowest BCUT2D eigenvalue weighted by Gasteiger charge is -2.02. The summed E-state index contributed by atoms with van der Waals surface area (Å²) in [5.41, 5.74) is 1.79. The average molecular weight is 317 g/mol. The Morgan fingerprint density at radius 1 is 1.10 bits per heavy atom. The minimum Gasteiger partial charge on any atom is -0.453 e. The van der Waals surface area contributed by atoms with E-state index < -0.39 is 0 Å². The number of para-hydroxylation sites is 1. The van der Waals surface area contributed by atoms with Crippen molar-refractivity contribution in [1.29, 1.82) is 0 Å². The quantitative estimate of drug-likeness (QED) is 0.606. The number of carbonyl (C=O) groups is 1. The molecule has 0 radical (unpaired) electrons. The van der Waals surface area contributed by atoms with Crippen molar-refractivity contribution in [1.82, 2.24) is 0 Å². The van der Waals surface area contributed by atoms with Crippen LogP contribution in [-0.4, -0.2) is 11.5 Å². The second kappa shape index (κ2) is 6.37. The molecule has 0 bridgehead atoms. The molecule has 0 atom stereocenters. The number of ketones is 1. The minimum atomic E-state index is 0.00301. The molecule has 4 heteroatoms. The maximum absolute atomic E-state index is 12.1. The van der Waals surface area contributed by atoms with E-state index in [-0.39, 0.29) is 5.78 Å². The largest absolute Gasteiger partial charge is 0.453 e. The summed E-state index contributed by atoms with van der Waals surface area (Å²) in [6.07, 6.45) is 0. The zero-order valence-corrected chi connectivity index (χ0v) is 12.8. The fourth-order valence-corrected chi connectivity index (χ4v) is 3.24. The van der Waals surface area contributed by atoms with E-state index in [4.69, 9.17) is 16.0 Å². The van der Waals surface area contributed by atoms with Crippen molar-refractivity contribution in [3.8, 4) is 0 Å². The van der Waals surface area contributed by atoms with Gasteiger partial charge in [-0.2, -0.15) is 0 Å². The fraction of sp³-hybridized carbons (Fsp3) is 0.118. The summed E-state index contributed by atoms with van der Waals surface area (Å²) in [6.45, 7) is 0. The van der Waals surface area contributed by atoms with Gasteiger partial charge in [-0.3, -0.25) is 4.79 Å². The van der Waals surface area contributed by atoms with E-state index in [2.05, 4.69) is 0 Å². The van der Waals surface area contributed by atoms with Gasteiger partial charge < -0.3 is 4.42 Å². The number of benzene rings is 2. The van der Waals surface area contributed by atoms with Crippen molar-refractivity contribution in [3.63, 3.8) is 0 Å². The molecule has 0 fully saturated rings. The Morgan fingerprint density at radius 3 is 2.67 bits per heavy atom. The average Bonchev–Trinajstić information content (AvgIpc) is 2.93. The van der Waals surface area contributed by atoms with Gasteiger partial charge in [-0.05, 0) is 23.8 Å². The second-order valence-electron chi connectivity index (χ2n) is 4.66. The maximum Gasteiger partial charge on any atom is 0.207 e. The Labute approximate surface area is 132 Å². The SMILES string of the molecule is O=C(CSCc1ccccc1Cl)c1cc2ccccc2o1. The van der Waals surface area contributed by atoms with Crippen LogP contribution in [0.15, 0.2) is 59.0 Å². The van der Waals surface area contributed by atoms with Crippen molar-refractivity contribution in [3.05, 3.63) is 70.9 Å². The van der Waals surface area contributed by atoms with Crippen molar-refractivity contribution in [2.24, 2.45) is 0 Å². The number of hydrogen-bond acceptors (Lipinski definition) is 3. The predicted molar refractivity (Wildman–Crippen MR) is 88.2 cm³/mol. The zero-order chi connectivity index (χ0) is 14.7. The first kappa shape index (κ1) is 14.2. The number of halogens is 1. The number of carbonyl (C=O) groups excluding carboxylic acids is 1. The molecular weight excluding hydrogens is 304 g/mol. The molecule has 0 amide bonds. The molecule has 106 valence electrons. The first-order chi connectivity index (χ1) is 10.2. The number of thioether (sulfide) groups is 1. The summed E-state index contributed by atoms with van der Waals surface area (Å²) < 4.78 is 5.57. The minimum absolute atomic E-state index is 0.00301. The van der Waals surface area contributed by atoms with Gasteiger partial charge in [-0.25, -0.2) is 0 Å². The summed E-state index contributed by atoms with van der Waals surface area (Å²) in [6, 6.07) is 17.1.